The third-order valence-electron chi connectivity index (χ3n) is 6.96. The molecule has 3 atom stereocenters. The molecule has 2 heterocycles. The third kappa shape index (κ3) is 5.35. The Bertz CT molecular complexity index is 908. The Hall–Kier alpha value is -2.20. The lowest BCUT2D eigenvalue weighted by atomic mass is 9.85. The van der Waals surface area contributed by atoms with E-state index in [1.165, 1.54) is 11.3 Å². The van der Waals surface area contributed by atoms with Crippen LogP contribution in [0.5, 0.6) is 5.75 Å². The number of fused-ring (bicyclic) bond motifs is 1. The summed E-state index contributed by atoms with van der Waals surface area (Å²) in [5, 5.41) is 10.2. The van der Waals surface area contributed by atoms with Crippen LogP contribution < -0.4 is 0 Å². The van der Waals surface area contributed by atoms with Crippen molar-refractivity contribution in [3.05, 3.63) is 53.5 Å². The quantitative estimate of drug-likeness (QED) is 0.598. The fourth-order valence-electron chi connectivity index (χ4n) is 4.97. The number of nitrogens with zero attached hydrogens (tertiary/aromatic N) is 2. The first kappa shape index (κ1) is 22.0. The molecule has 0 saturated carbocycles. The molecular weight excluding hydrogens is 384 g/mol. The zero-order valence-corrected chi connectivity index (χ0v) is 19.0. The van der Waals surface area contributed by atoms with Crippen LogP contribution in [0.2, 0.25) is 0 Å². The molecule has 4 rings (SSSR count). The highest BCUT2D eigenvalue weighted by Gasteiger charge is 2.27. The van der Waals surface area contributed by atoms with Crippen molar-refractivity contribution in [1.82, 2.24) is 9.97 Å². The fourth-order valence-corrected chi connectivity index (χ4v) is 4.97. The third-order valence-corrected chi connectivity index (χ3v) is 6.96. The number of benzene rings is 1. The summed E-state index contributed by atoms with van der Waals surface area (Å²) in [5.41, 5.74) is 4.52. The highest BCUT2D eigenvalue weighted by molar-refractivity contribution is 5.65. The van der Waals surface area contributed by atoms with Gasteiger partial charge in [-0.3, -0.25) is 0 Å². The molecule has 1 aromatic carbocycles. The first-order valence-electron chi connectivity index (χ1n) is 12.1. The largest absolute Gasteiger partial charge is 0.508 e. The van der Waals surface area contributed by atoms with Crippen molar-refractivity contribution in [1.29, 1.82) is 0 Å². The van der Waals surface area contributed by atoms with E-state index in [1.54, 1.807) is 6.07 Å². The van der Waals surface area contributed by atoms with Gasteiger partial charge in [-0.05, 0) is 75.3 Å². The van der Waals surface area contributed by atoms with E-state index >= 15 is 0 Å². The first-order valence-corrected chi connectivity index (χ1v) is 12.1. The molecule has 31 heavy (non-hydrogen) atoms. The number of allylic oxidation sites excluding steroid dienone is 2. The van der Waals surface area contributed by atoms with Gasteiger partial charge in [0.2, 0.25) is 0 Å². The van der Waals surface area contributed by atoms with Gasteiger partial charge in [0.1, 0.15) is 11.6 Å². The molecule has 1 N–H and O–H groups in total. The Kier molecular flexibility index (Phi) is 7.39. The summed E-state index contributed by atoms with van der Waals surface area (Å²) in [7, 11) is 0. The molecule has 0 radical (unpaired) electrons. The van der Waals surface area contributed by atoms with Gasteiger partial charge in [-0.1, -0.05) is 38.1 Å². The highest BCUT2D eigenvalue weighted by Crippen LogP contribution is 2.36. The van der Waals surface area contributed by atoms with Crippen molar-refractivity contribution < 1.29 is 9.84 Å². The summed E-state index contributed by atoms with van der Waals surface area (Å²) in [6.45, 7) is 6.23. The summed E-state index contributed by atoms with van der Waals surface area (Å²) >= 11 is 0. The summed E-state index contributed by atoms with van der Waals surface area (Å²) in [6, 6.07) is 7.57. The average Bonchev–Trinajstić information content (AvgIpc) is 2.86. The van der Waals surface area contributed by atoms with Crippen LogP contribution in [0.15, 0.2) is 36.4 Å². The van der Waals surface area contributed by atoms with E-state index in [2.05, 4.69) is 32.1 Å². The van der Waals surface area contributed by atoms with Crippen molar-refractivity contribution >= 4 is 0 Å². The molecule has 2 aromatic rings. The smallest absolute Gasteiger partial charge is 0.132 e. The molecule has 4 nitrogen and oxygen atoms in total. The molecule has 1 saturated heterocycles. The minimum Gasteiger partial charge on any atom is -0.508 e. The number of ether oxygens (including phenoxy) is 1. The average molecular weight is 421 g/mol. The Morgan fingerprint density at radius 3 is 2.87 bits per heavy atom. The second-order valence-corrected chi connectivity index (χ2v) is 9.23. The molecule has 1 aliphatic carbocycles. The summed E-state index contributed by atoms with van der Waals surface area (Å²) < 4.78 is 5.72. The predicted octanol–water partition coefficient (Wildman–Crippen LogP) is 6.23. The molecule has 166 valence electrons. The van der Waals surface area contributed by atoms with Gasteiger partial charge in [-0.25, -0.2) is 9.97 Å². The van der Waals surface area contributed by atoms with Gasteiger partial charge >= 0.3 is 0 Å². The van der Waals surface area contributed by atoms with E-state index in [9.17, 15) is 5.11 Å². The number of phenols is 1. The topological polar surface area (TPSA) is 55.2 Å². The zero-order valence-electron chi connectivity index (χ0n) is 19.0. The van der Waals surface area contributed by atoms with E-state index in [-0.39, 0.29) is 0 Å². The number of hydrogen-bond acceptors (Lipinski definition) is 4. The van der Waals surface area contributed by atoms with Crippen LogP contribution in [-0.2, 0) is 17.6 Å². The number of aromatic nitrogens is 2. The van der Waals surface area contributed by atoms with Gasteiger partial charge < -0.3 is 9.84 Å². The zero-order chi connectivity index (χ0) is 21.6. The summed E-state index contributed by atoms with van der Waals surface area (Å²) in [5.74, 6) is 2.64. The Morgan fingerprint density at radius 2 is 2.03 bits per heavy atom. The molecule has 0 spiro atoms. The molecule has 1 aromatic heterocycles. The predicted molar refractivity (Wildman–Crippen MR) is 125 cm³/mol. The van der Waals surface area contributed by atoms with Gasteiger partial charge in [0.05, 0.1) is 5.69 Å². The van der Waals surface area contributed by atoms with Gasteiger partial charge in [-0.15, -0.1) is 0 Å². The van der Waals surface area contributed by atoms with Crippen molar-refractivity contribution in [2.45, 2.75) is 71.1 Å². The van der Waals surface area contributed by atoms with E-state index in [4.69, 9.17) is 14.7 Å². The van der Waals surface area contributed by atoms with Crippen molar-refractivity contribution in [3.8, 4) is 17.0 Å². The maximum Gasteiger partial charge on any atom is 0.132 e. The normalized spacial score (nSPS) is 24.9. The lowest BCUT2D eigenvalue weighted by molar-refractivity contribution is 0.0955. The van der Waals surface area contributed by atoms with E-state index < -0.39 is 0 Å². The Labute approximate surface area is 186 Å². The van der Waals surface area contributed by atoms with Crippen LogP contribution in [0.4, 0.5) is 0 Å². The van der Waals surface area contributed by atoms with E-state index in [0.717, 1.165) is 81.7 Å². The second-order valence-electron chi connectivity index (χ2n) is 9.23. The lowest BCUT2D eigenvalue weighted by Crippen LogP contribution is -2.21. The van der Waals surface area contributed by atoms with Gasteiger partial charge in [0.25, 0.3) is 0 Å². The van der Waals surface area contributed by atoms with Crippen molar-refractivity contribution in [2.75, 3.05) is 13.2 Å². The van der Waals surface area contributed by atoms with Crippen molar-refractivity contribution in [2.24, 2.45) is 11.8 Å². The minimum atomic E-state index is 0.291. The van der Waals surface area contributed by atoms with Crippen LogP contribution in [0.25, 0.3) is 11.3 Å². The lowest BCUT2D eigenvalue weighted by Gasteiger charge is -2.27. The molecular formula is C27H36N2O2. The van der Waals surface area contributed by atoms with Gasteiger partial charge in [0.15, 0.2) is 0 Å². The first-order chi connectivity index (χ1) is 15.2. The molecule has 1 fully saturated rings. The summed E-state index contributed by atoms with van der Waals surface area (Å²) in [4.78, 5) is 10.5. The molecule has 4 heteroatoms. The molecule has 0 bridgehead atoms. The SMILES string of the molecule is CCC1C=CCCCc2c(nc(C3CCCOCCC3C)nc2-c2cccc(O)c2)C1. The van der Waals surface area contributed by atoms with Crippen LogP contribution in [0.3, 0.4) is 0 Å². The number of rotatable bonds is 3. The Balaban J connectivity index is 1.84. The van der Waals surface area contributed by atoms with Gasteiger partial charge in [0, 0.05) is 36.0 Å². The highest BCUT2D eigenvalue weighted by atomic mass is 16.5. The van der Waals surface area contributed by atoms with Gasteiger partial charge in [-0.2, -0.15) is 0 Å². The maximum atomic E-state index is 10.2. The van der Waals surface area contributed by atoms with Crippen LogP contribution in [0, 0.1) is 11.8 Å². The number of hydrogen-bond donors (Lipinski definition) is 1. The monoisotopic (exact) mass is 420 g/mol. The van der Waals surface area contributed by atoms with Crippen LogP contribution in [-0.4, -0.2) is 28.3 Å². The number of aromatic hydroxyl groups is 1. The molecule has 3 unspecified atom stereocenters. The minimum absolute atomic E-state index is 0.291. The molecule has 0 amide bonds. The molecule has 1 aliphatic heterocycles. The van der Waals surface area contributed by atoms with E-state index in [0.29, 0.717) is 23.5 Å². The Morgan fingerprint density at radius 1 is 1.13 bits per heavy atom. The molecule has 2 aliphatic rings. The van der Waals surface area contributed by atoms with Crippen LogP contribution in [0.1, 0.15) is 75.4 Å². The van der Waals surface area contributed by atoms with Crippen molar-refractivity contribution in [3.63, 3.8) is 0 Å². The second kappa shape index (κ2) is 10.4. The standard InChI is InChI=1S/C27H36N2O2/c1-3-20-9-5-4-6-12-24-25(17-20)28-27(23-13-8-15-31-16-14-19(23)2)29-26(24)21-10-7-11-22(30)18-21/h5,7,9-11,18-20,23,30H,3-4,6,8,12-17H2,1-2H3. The van der Waals surface area contributed by atoms with E-state index in [1.807, 2.05) is 12.1 Å². The fraction of sp³-hybridized carbons (Fsp3) is 0.556. The maximum absolute atomic E-state index is 10.2. The summed E-state index contributed by atoms with van der Waals surface area (Å²) in [6.07, 6.45) is 13.2. The van der Waals surface area contributed by atoms with Crippen LogP contribution >= 0.6 is 0 Å². The number of phenolic OH excluding ortho intramolecular Hbond substituents is 1.